The van der Waals surface area contributed by atoms with Gasteiger partial charge in [-0.1, -0.05) is 0 Å². The quantitative estimate of drug-likeness (QED) is 0.930. The molecular weight excluding hydrogens is 292 g/mol. The highest BCUT2D eigenvalue weighted by atomic mass is 19.1. The van der Waals surface area contributed by atoms with Gasteiger partial charge in [0.15, 0.2) is 0 Å². The average molecular weight is 311 g/mol. The van der Waals surface area contributed by atoms with E-state index in [4.69, 9.17) is 5.11 Å². The van der Waals surface area contributed by atoms with Crippen molar-refractivity contribution in [3.63, 3.8) is 0 Å². The van der Waals surface area contributed by atoms with Crippen molar-refractivity contribution in [3.8, 4) is 0 Å². The molecule has 0 aromatic heterocycles. The molecule has 1 fully saturated rings. The number of carboxylic acids is 1. The van der Waals surface area contributed by atoms with Crippen molar-refractivity contribution < 1.29 is 23.5 Å². The monoisotopic (exact) mass is 311 g/mol. The van der Waals surface area contributed by atoms with Crippen molar-refractivity contribution in [3.05, 3.63) is 35.4 Å². The highest BCUT2D eigenvalue weighted by Gasteiger charge is 2.36. The Bertz CT molecular complexity index is 591. The van der Waals surface area contributed by atoms with Crippen LogP contribution in [-0.2, 0) is 9.59 Å². The molecule has 3 atom stereocenters. The number of aliphatic carboxylic acids is 1. The molecule has 0 bridgehead atoms. The van der Waals surface area contributed by atoms with E-state index in [1.807, 2.05) is 0 Å². The summed E-state index contributed by atoms with van der Waals surface area (Å²) in [6.07, 6.45) is 1.29. The summed E-state index contributed by atoms with van der Waals surface area (Å²) in [5, 5.41) is 8.99. The first-order valence-electron chi connectivity index (χ1n) is 7.25. The van der Waals surface area contributed by atoms with Crippen molar-refractivity contribution in [2.75, 3.05) is 7.05 Å². The van der Waals surface area contributed by atoms with E-state index in [9.17, 15) is 18.4 Å². The predicted octanol–water partition coefficient (Wildman–Crippen LogP) is 2.99. The molecule has 0 spiro atoms. The van der Waals surface area contributed by atoms with E-state index in [0.29, 0.717) is 19.3 Å². The lowest BCUT2D eigenvalue weighted by atomic mass is 10.0. The third-order valence-electron chi connectivity index (χ3n) is 4.47. The number of rotatable bonds is 4. The van der Waals surface area contributed by atoms with Crippen LogP contribution < -0.4 is 0 Å². The van der Waals surface area contributed by atoms with Crippen LogP contribution in [0.2, 0.25) is 0 Å². The van der Waals surface area contributed by atoms with Crippen LogP contribution >= 0.6 is 0 Å². The van der Waals surface area contributed by atoms with Gasteiger partial charge in [-0.3, -0.25) is 9.59 Å². The fraction of sp³-hybridized carbons (Fsp3) is 0.500. The largest absolute Gasteiger partial charge is 0.481 e. The number of amides is 1. The summed E-state index contributed by atoms with van der Waals surface area (Å²) in [6.45, 7) is 1.62. The lowest BCUT2D eigenvalue weighted by molar-refractivity contribution is -0.141. The van der Waals surface area contributed by atoms with Gasteiger partial charge in [-0.2, -0.15) is 0 Å². The topological polar surface area (TPSA) is 57.6 Å². The Labute approximate surface area is 127 Å². The van der Waals surface area contributed by atoms with Gasteiger partial charge in [0.1, 0.15) is 11.6 Å². The van der Waals surface area contributed by atoms with Crippen LogP contribution in [0.3, 0.4) is 0 Å². The van der Waals surface area contributed by atoms with Crippen LogP contribution in [0.15, 0.2) is 18.2 Å². The molecule has 120 valence electrons. The lowest BCUT2D eigenvalue weighted by Crippen LogP contribution is -2.34. The van der Waals surface area contributed by atoms with Crippen LogP contribution in [0.25, 0.3) is 0 Å². The summed E-state index contributed by atoms with van der Waals surface area (Å²) in [6, 6.07) is 2.53. The van der Waals surface area contributed by atoms with Crippen LogP contribution in [0, 0.1) is 23.5 Å². The van der Waals surface area contributed by atoms with Crippen molar-refractivity contribution in [2.24, 2.45) is 11.8 Å². The first-order valence-corrected chi connectivity index (χ1v) is 7.25. The molecule has 6 heteroatoms. The molecule has 1 unspecified atom stereocenters. The lowest BCUT2D eigenvalue weighted by Gasteiger charge is -2.28. The third-order valence-corrected chi connectivity index (χ3v) is 4.47. The zero-order valence-electron chi connectivity index (χ0n) is 12.6. The van der Waals surface area contributed by atoms with Gasteiger partial charge in [0.2, 0.25) is 5.91 Å². The number of carbonyl (C=O) groups is 2. The van der Waals surface area contributed by atoms with Crippen LogP contribution in [0.1, 0.15) is 37.8 Å². The molecule has 1 aromatic carbocycles. The van der Waals surface area contributed by atoms with Gasteiger partial charge < -0.3 is 10.0 Å². The maximum absolute atomic E-state index is 13.8. The number of nitrogens with zero attached hydrogens (tertiary/aromatic N) is 1. The van der Waals surface area contributed by atoms with Gasteiger partial charge in [-0.05, 0) is 44.4 Å². The van der Waals surface area contributed by atoms with E-state index >= 15 is 0 Å². The minimum atomic E-state index is -0.887. The Kier molecular flexibility index (Phi) is 4.78. The number of halogens is 2. The highest BCUT2D eigenvalue weighted by Crippen LogP contribution is 2.34. The van der Waals surface area contributed by atoms with Crippen molar-refractivity contribution >= 4 is 11.9 Å². The first kappa shape index (κ1) is 16.4. The zero-order chi connectivity index (χ0) is 16.4. The molecule has 1 saturated carbocycles. The number of hydrogen-bond acceptors (Lipinski definition) is 2. The number of benzene rings is 1. The number of carboxylic acid groups (broad SMARTS) is 1. The molecule has 1 amide bonds. The average Bonchev–Trinajstić information content (AvgIpc) is 2.97. The third kappa shape index (κ3) is 3.26. The molecule has 1 aliphatic rings. The Hall–Kier alpha value is -1.98. The summed E-state index contributed by atoms with van der Waals surface area (Å²) >= 11 is 0. The molecule has 0 saturated heterocycles. The molecule has 4 nitrogen and oxygen atoms in total. The van der Waals surface area contributed by atoms with Crippen LogP contribution in [0.5, 0.6) is 0 Å². The molecule has 0 aliphatic heterocycles. The highest BCUT2D eigenvalue weighted by molar-refractivity contribution is 5.81. The van der Waals surface area contributed by atoms with Gasteiger partial charge in [0.05, 0.1) is 12.0 Å². The summed E-state index contributed by atoms with van der Waals surface area (Å²) in [5.74, 6) is -3.10. The van der Waals surface area contributed by atoms with Crippen molar-refractivity contribution in [2.45, 2.75) is 32.2 Å². The smallest absolute Gasteiger partial charge is 0.306 e. The molecule has 0 heterocycles. The zero-order valence-corrected chi connectivity index (χ0v) is 12.6. The molecule has 1 aliphatic carbocycles. The summed E-state index contributed by atoms with van der Waals surface area (Å²) in [5.41, 5.74) is 0.114. The van der Waals surface area contributed by atoms with Crippen LogP contribution in [-0.4, -0.2) is 28.9 Å². The fourth-order valence-corrected chi connectivity index (χ4v) is 2.95. The minimum absolute atomic E-state index is 0.114. The Balaban J connectivity index is 2.10. The first-order chi connectivity index (χ1) is 10.3. The second kappa shape index (κ2) is 6.42. The fourth-order valence-electron chi connectivity index (χ4n) is 2.95. The standard InChI is InChI=1S/C16H19F2NO3/c1-9(13-8-12(17)5-6-14(13)18)19(2)15(20)10-3-4-11(7-10)16(21)22/h5-6,8-11H,3-4,7H2,1-2H3,(H,21,22)/t9?,10-,11+/m1/s1. The van der Waals surface area contributed by atoms with E-state index in [-0.39, 0.29) is 17.4 Å². The van der Waals surface area contributed by atoms with E-state index in [0.717, 1.165) is 18.2 Å². The maximum atomic E-state index is 13.8. The second-order valence-electron chi connectivity index (χ2n) is 5.84. The van der Waals surface area contributed by atoms with E-state index in [2.05, 4.69) is 0 Å². The summed E-state index contributed by atoms with van der Waals surface area (Å²) < 4.78 is 27.1. The normalized spacial score (nSPS) is 22.4. The minimum Gasteiger partial charge on any atom is -0.481 e. The van der Waals surface area contributed by atoms with E-state index in [1.54, 1.807) is 6.92 Å². The molecule has 22 heavy (non-hydrogen) atoms. The number of hydrogen-bond donors (Lipinski definition) is 1. The Morgan fingerprint density at radius 1 is 1.27 bits per heavy atom. The van der Waals surface area contributed by atoms with Crippen LogP contribution in [0.4, 0.5) is 8.78 Å². The molecular formula is C16H19F2NO3. The van der Waals surface area contributed by atoms with Gasteiger partial charge in [0.25, 0.3) is 0 Å². The van der Waals surface area contributed by atoms with E-state index < -0.39 is 29.6 Å². The second-order valence-corrected chi connectivity index (χ2v) is 5.84. The van der Waals surface area contributed by atoms with Gasteiger partial charge in [-0.15, -0.1) is 0 Å². The molecule has 0 radical (unpaired) electrons. The molecule has 2 rings (SSSR count). The van der Waals surface area contributed by atoms with Crippen molar-refractivity contribution in [1.82, 2.24) is 4.90 Å². The predicted molar refractivity (Wildman–Crippen MR) is 76.0 cm³/mol. The van der Waals surface area contributed by atoms with E-state index in [1.165, 1.54) is 11.9 Å². The SMILES string of the molecule is CC(c1cc(F)ccc1F)N(C)C(=O)[C@@H]1CC[C@H](C(=O)O)C1. The van der Waals surface area contributed by atoms with Gasteiger partial charge in [0, 0.05) is 18.5 Å². The Morgan fingerprint density at radius 3 is 2.50 bits per heavy atom. The summed E-state index contributed by atoms with van der Waals surface area (Å²) in [4.78, 5) is 24.8. The summed E-state index contributed by atoms with van der Waals surface area (Å²) in [7, 11) is 1.53. The van der Waals surface area contributed by atoms with Gasteiger partial charge >= 0.3 is 5.97 Å². The Morgan fingerprint density at radius 2 is 1.91 bits per heavy atom. The number of carbonyl (C=O) groups excluding carboxylic acids is 1. The molecule has 1 aromatic rings. The van der Waals surface area contributed by atoms with Gasteiger partial charge in [-0.25, -0.2) is 8.78 Å². The molecule has 1 N–H and O–H groups in total. The van der Waals surface area contributed by atoms with Crippen molar-refractivity contribution in [1.29, 1.82) is 0 Å². The maximum Gasteiger partial charge on any atom is 0.306 e.